The first-order chi connectivity index (χ1) is 11.5. The van der Waals surface area contributed by atoms with Gasteiger partial charge >= 0.3 is 5.97 Å². The summed E-state index contributed by atoms with van der Waals surface area (Å²) >= 11 is 1.51. The molecular formula is C17H19NO5S. The number of nitrogens with one attached hydrogen (secondary N) is 1. The molecule has 0 saturated heterocycles. The molecule has 1 unspecified atom stereocenters. The van der Waals surface area contributed by atoms with Crippen molar-refractivity contribution in [2.24, 2.45) is 0 Å². The minimum Gasteiger partial charge on any atom is -0.497 e. The summed E-state index contributed by atoms with van der Waals surface area (Å²) in [6.07, 6.45) is -0.0316. The number of carbonyl (C=O) groups excluding carboxylic acids is 1. The van der Waals surface area contributed by atoms with E-state index in [0.29, 0.717) is 17.1 Å². The Labute approximate surface area is 144 Å². The molecule has 2 N–H and O–H groups in total. The van der Waals surface area contributed by atoms with E-state index >= 15 is 0 Å². The number of benzene rings is 1. The number of rotatable bonds is 8. The van der Waals surface area contributed by atoms with Crippen LogP contribution in [0.15, 0.2) is 35.0 Å². The normalized spacial score (nSPS) is 11.6. The lowest BCUT2D eigenvalue weighted by Crippen LogP contribution is -2.31. The van der Waals surface area contributed by atoms with Gasteiger partial charge in [-0.15, -0.1) is 0 Å². The Morgan fingerprint density at radius 3 is 2.62 bits per heavy atom. The highest BCUT2D eigenvalue weighted by molar-refractivity contribution is 7.08. The van der Waals surface area contributed by atoms with Crippen LogP contribution < -0.4 is 14.8 Å². The van der Waals surface area contributed by atoms with E-state index in [1.807, 2.05) is 16.8 Å². The van der Waals surface area contributed by atoms with Crippen molar-refractivity contribution in [3.05, 3.63) is 46.2 Å². The molecule has 0 aliphatic rings. The van der Waals surface area contributed by atoms with Gasteiger partial charge in [0.2, 0.25) is 5.91 Å². The minimum atomic E-state index is -1.01. The molecule has 0 radical (unpaired) electrons. The standard InChI is InChI=1S/C17H19NO5S/c1-22-12-3-4-13(15(8-12)23-2)14(9-17(20)21)18-16(19)7-11-5-6-24-10-11/h3-6,8,10,14H,7,9H2,1-2H3,(H,18,19)(H,20,21). The molecule has 0 aliphatic carbocycles. The zero-order valence-electron chi connectivity index (χ0n) is 13.4. The van der Waals surface area contributed by atoms with Gasteiger partial charge in [0.25, 0.3) is 0 Å². The molecule has 7 heteroatoms. The number of thiophene rings is 1. The maximum absolute atomic E-state index is 12.2. The van der Waals surface area contributed by atoms with Crippen molar-refractivity contribution in [1.29, 1.82) is 0 Å². The third kappa shape index (κ3) is 4.73. The van der Waals surface area contributed by atoms with E-state index in [1.54, 1.807) is 18.2 Å². The summed E-state index contributed by atoms with van der Waals surface area (Å²) in [7, 11) is 3.02. The summed E-state index contributed by atoms with van der Waals surface area (Å²) < 4.78 is 10.5. The number of carboxylic acids is 1. The van der Waals surface area contributed by atoms with Gasteiger partial charge in [0.15, 0.2) is 0 Å². The molecule has 1 aromatic heterocycles. The van der Waals surface area contributed by atoms with Crippen molar-refractivity contribution in [3.63, 3.8) is 0 Å². The highest BCUT2D eigenvalue weighted by Crippen LogP contribution is 2.31. The SMILES string of the molecule is COc1ccc(C(CC(=O)O)NC(=O)Cc2ccsc2)c(OC)c1. The second-order valence-corrected chi connectivity index (χ2v) is 5.91. The zero-order valence-corrected chi connectivity index (χ0v) is 14.3. The molecular weight excluding hydrogens is 330 g/mol. The first kappa shape index (κ1) is 17.8. The van der Waals surface area contributed by atoms with E-state index in [-0.39, 0.29) is 18.7 Å². The number of carbonyl (C=O) groups is 2. The fraction of sp³-hybridized carbons (Fsp3) is 0.294. The molecule has 2 aromatic rings. The second kappa shape index (κ2) is 8.35. The summed E-state index contributed by atoms with van der Waals surface area (Å²) in [5.41, 5.74) is 1.49. The fourth-order valence-corrected chi connectivity index (χ4v) is 3.01. The Bertz CT molecular complexity index is 699. The molecule has 0 bridgehead atoms. The number of aliphatic carboxylic acids is 1. The van der Waals surface area contributed by atoms with Crippen LogP contribution in [0.4, 0.5) is 0 Å². The van der Waals surface area contributed by atoms with Crippen molar-refractivity contribution >= 4 is 23.2 Å². The molecule has 1 amide bonds. The van der Waals surface area contributed by atoms with Crippen LogP contribution in [0.5, 0.6) is 11.5 Å². The summed E-state index contributed by atoms with van der Waals surface area (Å²) in [6.45, 7) is 0. The topological polar surface area (TPSA) is 84.9 Å². The summed E-state index contributed by atoms with van der Waals surface area (Å²) in [5, 5.41) is 15.7. The Morgan fingerprint density at radius 1 is 1.25 bits per heavy atom. The number of carboxylic acid groups (broad SMARTS) is 1. The van der Waals surface area contributed by atoms with Crippen LogP contribution in [0.25, 0.3) is 0 Å². The number of ether oxygens (including phenoxy) is 2. The lowest BCUT2D eigenvalue weighted by atomic mass is 10.0. The zero-order chi connectivity index (χ0) is 17.5. The van der Waals surface area contributed by atoms with Gasteiger partial charge in [-0.25, -0.2) is 0 Å². The van der Waals surface area contributed by atoms with Gasteiger partial charge in [0.1, 0.15) is 11.5 Å². The predicted octanol–water partition coefficient (Wildman–Crippen LogP) is 2.64. The quantitative estimate of drug-likeness (QED) is 0.765. The van der Waals surface area contributed by atoms with E-state index in [0.717, 1.165) is 5.56 Å². The minimum absolute atomic E-state index is 0.206. The van der Waals surface area contributed by atoms with E-state index < -0.39 is 12.0 Å². The van der Waals surface area contributed by atoms with Crippen LogP contribution in [0.3, 0.4) is 0 Å². The molecule has 24 heavy (non-hydrogen) atoms. The van der Waals surface area contributed by atoms with Crippen LogP contribution in [0.1, 0.15) is 23.6 Å². The van der Waals surface area contributed by atoms with Crippen molar-refractivity contribution in [2.75, 3.05) is 14.2 Å². The molecule has 1 atom stereocenters. The molecule has 0 fully saturated rings. The van der Waals surface area contributed by atoms with Gasteiger partial charge in [0, 0.05) is 11.6 Å². The Morgan fingerprint density at radius 2 is 2.04 bits per heavy atom. The Kier molecular flexibility index (Phi) is 6.20. The van der Waals surface area contributed by atoms with Crippen molar-refractivity contribution in [2.45, 2.75) is 18.9 Å². The smallest absolute Gasteiger partial charge is 0.305 e. The summed E-state index contributed by atoms with van der Waals surface area (Å²) in [4.78, 5) is 23.4. The monoisotopic (exact) mass is 349 g/mol. The lowest BCUT2D eigenvalue weighted by Gasteiger charge is -2.20. The average Bonchev–Trinajstić information content (AvgIpc) is 3.05. The van der Waals surface area contributed by atoms with Crippen LogP contribution in [-0.2, 0) is 16.0 Å². The van der Waals surface area contributed by atoms with E-state index in [4.69, 9.17) is 14.6 Å². The van der Waals surface area contributed by atoms with Gasteiger partial charge in [-0.05, 0) is 34.5 Å². The lowest BCUT2D eigenvalue weighted by molar-refractivity contribution is -0.137. The average molecular weight is 349 g/mol. The van der Waals surface area contributed by atoms with E-state index in [1.165, 1.54) is 25.6 Å². The Balaban J connectivity index is 2.21. The van der Waals surface area contributed by atoms with Crippen molar-refractivity contribution in [1.82, 2.24) is 5.32 Å². The highest BCUT2D eigenvalue weighted by Gasteiger charge is 2.22. The maximum Gasteiger partial charge on any atom is 0.305 e. The summed E-state index contributed by atoms with van der Waals surface area (Å²) in [5.74, 6) is -0.183. The van der Waals surface area contributed by atoms with Crippen LogP contribution in [0.2, 0.25) is 0 Å². The van der Waals surface area contributed by atoms with Crippen molar-refractivity contribution < 1.29 is 24.2 Å². The first-order valence-corrected chi connectivity index (χ1v) is 8.22. The Hall–Kier alpha value is -2.54. The van der Waals surface area contributed by atoms with E-state index in [9.17, 15) is 9.59 Å². The van der Waals surface area contributed by atoms with Crippen LogP contribution in [-0.4, -0.2) is 31.2 Å². The van der Waals surface area contributed by atoms with Crippen LogP contribution in [0, 0.1) is 0 Å². The first-order valence-electron chi connectivity index (χ1n) is 7.27. The van der Waals surface area contributed by atoms with Gasteiger partial charge < -0.3 is 19.9 Å². The van der Waals surface area contributed by atoms with Gasteiger partial charge in [-0.3, -0.25) is 9.59 Å². The van der Waals surface area contributed by atoms with Crippen molar-refractivity contribution in [3.8, 4) is 11.5 Å². The molecule has 0 spiro atoms. The van der Waals surface area contributed by atoms with Gasteiger partial charge in [-0.1, -0.05) is 0 Å². The number of amides is 1. The van der Waals surface area contributed by atoms with Crippen LogP contribution >= 0.6 is 11.3 Å². The molecule has 0 saturated carbocycles. The second-order valence-electron chi connectivity index (χ2n) is 5.13. The van der Waals surface area contributed by atoms with E-state index in [2.05, 4.69) is 5.32 Å². The molecule has 1 heterocycles. The molecule has 1 aromatic carbocycles. The maximum atomic E-state index is 12.2. The molecule has 128 valence electrons. The van der Waals surface area contributed by atoms with Gasteiger partial charge in [0.05, 0.1) is 33.1 Å². The largest absolute Gasteiger partial charge is 0.497 e. The fourth-order valence-electron chi connectivity index (χ4n) is 2.34. The summed E-state index contributed by atoms with van der Waals surface area (Å²) in [6, 6.07) is 6.25. The highest BCUT2D eigenvalue weighted by atomic mass is 32.1. The number of hydrogen-bond acceptors (Lipinski definition) is 5. The molecule has 6 nitrogen and oxygen atoms in total. The number of hydrogen-bond donors (Lipinski definition) is 2. The third-order valence-corrected chi connectivity index (χ3v) is 4.21. The predicted molar refractivity (Wildman–Crippen MR) is 90.7 cm³/mol. The van der Waals surface area contributed by atoms with Gasteiger partial charge in [-0.2, -0.15) is 11.3 Å². The molecule has 0 aliphatic heterocycles. The molecule has 2 rings (SSSR count). The number of methoxy groups -OCH3 is 2. The third-order valence-electron chi connectivity index (χ3n) is 3.47.